The monoisotopic (exact) mass is 302 g/mol. The molecule has 1 aromatic heterocycles. The van der Waals surface area contributed by atoms with Crippen LogP contribution >= 0.6 is 0 Å². The minimum absolute atomic E-state index is 0.160. The summed E-state index contributed by atoms with van der Waals surface area (Å²) in [4.78, 5) is 18.9. The minimum atomic E-state index is -0.212. The van der Waals surface area contributed by atoms with Gasteiger partial charge in [0.1, 0.15) is 6.10 Å². The lowest BCUT2D eigenvalue weighted by atomic mass is 10.1. The highest BCUT2D eigenvalue weighted by molar-refractivity contribution is 5.82. The molecule has 0 radical (unpaired) electrons. The smallest absolute Gasteiger partial charge is 0.252 e. The number of carbonyl (C=O) groups is 1. The highest BCUT2D eigenvalue weighted by Crippen LogP contribution is 2.41. The van der Waals surface area contributed by atoms with Crippen LogP contribution in [0, 0.1) is 5.92 Å². The van der Waals surface area contributed by atoms with Crippen molar-refractivity contribution in [3.8, 4) is 0 Å². The molecule has 0 aromatic carbocycles. The first-order valence-corrected chi connectivity index (χ1v) is 8.26. The Labute approximate surface area is 130 Å². The van der Waals surface area contributed by atoms with Crippen molar-refractivity contribution in [3.05, 3.63) is 30.1 Å². The van der Waals surface area contributed by atoms with Crippen LogP contribution in [0.25, 0.3) is 0 Å². The lowest BCUT2D eigenvalue weighted by Crippen LogP contribution is -2.45. The zero-order valence-corrected chi connectivity index (χ0v) is 12.7. The number of aromatic nitrogens is 1. The Bertz CT molecular complexity index is 530. The minimum Gasteiger partial charge on any atom is -0.369 e. The normalized spacial score (nSPS) is 33.5. The third kappa shape index (κ3) is 2.52. The zero-order chi connectivity index (χ0) is 14.9. The molecule has 5 nitrogen and oxygen atoms in total. The summed E-state index contributed by atoms with van der Waals surface area (Å²) in [5, 5.41) is 0. The molecular formula is C17H22N2O3. The molecule has 1 amide bonds. The first-order chi connectivity index (χ1) is 10.8. The number of carbonyl (C=O) groups excluding carboxylic acids is 1. The molecule has 3 aliphatic rings. The van der Waals surface area contributed by atoms with Crippen LogP contribution in [0.1, 0.15) is 31.4 Å². The Kier molecular flexibility index (Phi) is 3.84. The summed E-state index contributed by atoms with van der Waals surface area (Å²) in [6.07, 6.45) is 5.81. The molecule has 22 heavy (non-hydrogen) atoms. The second-order valence-corrected chi connectivity index (χ2v) is 6.49. The van der Waals surface area contributed by atoms with Crippen molar-refractivity contribution < 1.29 is 14.3 Å². The standard InChI is InChI=1S/C17H22N2O3/c20-17(15-5-3-9-21-15)19-10-12-6-7-14(19)16(12)22-11-13-4-1-2-8-18-13/h1-2,4,8,12,14-16H,3,5-7,9-11H2/t12?,14?,15-,16?/m0/s1. The molecule has 5 heteroatoms. The van der Waals surface area contributed by atoms with Crippen LogP contribution in [-0.4, -0.2) is 47.2 Å². The fraction of sp³-hybridized carbons (Fsp3) is 0.647. The van der Waals surface area contributed by atoms with E-state index in [4.69, 9.17) is 9.47 Å². The van der Waals surface area contributed by atoms with E-state index in [1.54, 1.807) is 6.20 Å². The molecule has 3 unspecified atom stereocenters. The van der Waals surface area contributed by atoms with Crippen molar-refractivity contribution in [2.24, 2.45) is 5.92 Å². The van der Waals surface area contributed by atoms with E-state index in [2.05, 4.69) is 4.98 Å². The number of pyridine rings is 1. The Balaban J connectivity index is 1.39. The second-order valence-electron chi connectivity index (χ2n) is 6.49. The maximum absolute atomic E-state index is 12.6. The van der Waals surface area contributed by atoms with E-state index in [-0.39, 0.29) is 24.2 Å². The highest BCUT2D eigenvalue weighted by atomic mass is 16.5. The van der Waals surface area contributed by atoms with Gasteiger partial charge >= 0.3 is 0 Å². The maximum atomic E-state index is 12.6. The topological polar surface area (TPSA) is 51.7 Å². The van der Waals surface area contributed by atoms with Gasteiger partial charge in [-0.3, -0.25) is 9.78 Å². The third-order valence-electron chi connectivity index (χ3n) is 5.15. The van der Waals surface area contributed by atoms with Crippen LogP contribution in [0.3, 0.4) is 0 Å². The first kappa shape index (κ1) is 14.2. The van der Waals surface area contributed by atoms with Crippen molar-refractivity contribution in [2.75, 3.05) is 13.2 Å². The van der Waals surface area contributed by atoms with Crippen LogP contribution in [-0.2, 0) is 20.9 Å². The lowest BCUT2D eigenvalue weighted by Gasteiger charge is -2.29. The van der Waals surface area contributed by atoms with Gasteiger partial charge in [-0.1, -0.05) is 6.07 Å². The molecule has 2 saturated heterocycles. The molecule has 118 valence electrons. The molecule has 0 N–H and O–H groups in total. The summed E-state index contributed by atoms with van der Waals surface area (Å²) in [6.45, 7) is 2.08. The number of piperidine rings is 1. The number of ether oxygens (including phenoxy) is 2. The van der Waals surface area contributed by atoms with Gasteiger partial charge < -0.3 is 14.4 Å². The molecule has 4 atom stereocenters. The maximum Gasteiger partial charge on any atom is 0.252 e. The fourth-order valence-corrected chi connectivity index (χ4v) is 4.07. The number of hydrogen-bond donors (Lipinski definition) is 0. The van der Waals surface area contributed by atoms with Crippen LogP contribution in [0.4, 0.5) is 0 Å². The largest absolute Gasteiger partial charge is 0.369 e. The van der Waals surface area contributed by atoms with E-state index >= 15 is 0 Å². The number of rotatable bonds is 4. The highest BCUT2D eigenvalue weighted by Gasteiger charge is 2.50. The predicted molar refractivity (Wildman–Crippen MR) is 80.0 cm³/mol. The average molecular weight is 302 g/mol. The van der Waals surface area contributed by atoms with Crippen LogP contribution in [0.2, 0.25) is 0 Å². The Morgan fingerprint density at radius 2 is 2.32 bits per heavy atom. The van der Waals surface area contributed by atoms with E-state index in [1.807, 2.05) is 23.1 Å². The number of hydrogen-bond acceptors (Lipinski definition) is 4. The second kappa shape index (κ2) is 5.97. The van der Waals surface area contributed by atoms with E-state index in [1.165, 1.54) is 0 Å². The van der Waals surface area contributed by atoms with Gasteiger partial charge in [0.25, 0.3) is 5.91 Å². The molecule has 4 rings (SSSR count). The van der Waals surface area contributed by atoms with Gasteiger partial charge in [0.15, 0.2) is 0 Å². The molecule has 2 aliphatic heterocycles. The summed E-state index contributed by atoms with van der Waals surface area (Å²) in [5.74, 6) is 0.648. The quantitative estimate of drug-likeness (QED) is 0.850. The molecule has 3 fully saturated rings. The van der Waals surface area contributed by atoms with Gasteiger partial charge in [0, 0.05) is 25.3 Å². The van der Waals surface area contributed by atoms with Crippen molar-refractivity contribution in [2.45, 2.75) is 50.5 Å². The van der Waals surface area contributed by atoms with E-state index in [9.17, 15) is 4.79 Å². The fourth-order valence-electron chi connectivity index (χ4n) is 4.07. The van der Waals surface area contributed by atoms with E-state index in [0.717, 1.165) is 44.5 Å². The van der Waals surface area contributed by atoms with Gasteiger partial charge in [-0.05, 0) is 37.8 Å². The van der Waals surface area contributed by atoms with Gasteiger partial charge in [-0.15, -0.1) is 0 Å². The summed E-state index contributed by atoms with van der Waals surface area (Å²) >= 11 is 0. The molecule has 1 saturated carbocycles. The SMILES string of the molecule is O=C([C@@H]1CCCO1)N1CC2CCC1C2OCc1ccccn1. The van der Waals surface area contributed by atoms with Gasteiger partial charge in [-0.25, -0.2) is 0 Å². The number of fused-ring (bicyclic) bond motifs is 2. The predicted octanol–water partition coefficient (Wildman–Crippen LogP) is 1.77. The van der Waals surface area contributed by atoms with Crippen LogP contribution in [0.15, 0.2) is 24.4 Å². The molecule has 1 aliphatic carbocycles. The Morgan fingerprint density at radius 1 is 1.36 bits per heavy atom. The van der Waals surface area contributed by atoms with Gasteiger partial charge in [-0.2, -0.15) is 0 Å². The summed E-state index contributed by atoms with van der Waals surface area (Å²) < 4.78 is 11.7. The molecule has 0 spiro atoms. The van der Waals surface area contributed by atoms with Gasteiger partial charge in [0.05, 0.1) is 24.4 Å². The van der Waals surface area contributed by atoms with Crippen molar-refractivity contribution >= 4 is 5.91 Å². The zero-order valence-electron chi connectivity index (χ0n) is 12.7. The number of amides is 1. The van der Waals surface area contributed by atoms with Crippen LogP contribution in [0.5, 0.6) is 0 Å². The summed E-state index contributed by atoms with van der Waals surface area (Å²) in [6, 6.07) is 6.09. The molecule has 2 bridgehead atoms. The Morgan fingerprint density at radius 3 is 3.09 bits per heavy atom. The van der Waals surface area contributed by atoms with E-state index < -0.39 is 0 Å². The molecule has 3 heterocycles. The van der Waals surface area contributed by atoms with Crippen LogP contribution < -0.4 is 0 Å². The number of likely N-dealkylation sites (tertiary alicyclic amines) is 1. The molecular weight excluding hydrogens is 280 g/mol. The first-order valence-electron chi connectivity index (χ1n) is 8.26. The summed E-state index contributed by atoms with van der Waals surface area (Å²) in [5.41, 5.74) is 0.950. The van der Waals surface area contributed by atoms with Crippen molar-refractivity contribution in [3.63, 3.8) is 0 Å². The Hall–Kier alpha value is -1.46. The number of nitrogens with zero attached hydrogens (tertiary/aromatic N) is 2. The third-order valence-corrected chi connectivity index (χ3v) is 5.15. The van der Waals surface area contributed by atoms with E-state index in [0.29, 0.717) is 12.5 Å². The van der Waals surface area contributed by atoms with Crippen molar-refractivity contribution in [1.82, 2.24) is 9.88 Å². The summed E-state index contributed by atoms with van der Waals surface area (Å²) in [7, 11) is 0. The lowest BCUT2D eigenvalue weighted by molar-refractivity contribution is -0.143. The van der Waals surface area contributed by atoms with Gasteiger partial charge in [0.2, 0.25) is 0 Å². The average Bonchev–Trinajstić information content (AvgIpc) is 3.29. The molecule has 1 aromatic rings. The van der Waals surface area contributed by atoms with Crippen molar-refractivity contribution in [1.29, 1.82) is 0 Å².